The fraction of sp³-hybridized carbons (Fsp3) is 0.714. The SMILES string of the molecule is C[C@@H](NC(=O)C(F)F)[C@H]1C(=O)N2C(C(=O)O)=C(S[C@@H]3CN[C@H](C(=O)N4CC[C@H](N)C4)C3)[C@H](C)[C@H]12. The highest BCUT2D eigenvalue weighted by molar-refractivity contribution is 8.03. The molecule has 0 saturated carbocycles. The average Bonchev–Trinajstić information content (AvgIpc) is 3.46. The molecule has 3 amide bonds. The Morgan fingerprint density at radius 3 is 2.62 bits per heavy atom. The molecule has 0 bridgehead atoms. The lowest BCUT2D eigenvalue weighted by molar-refractivity contribution is -0.159. The molecule has 5 N–H and O–H groups in total. The first-order valence-electron chi connectivity index (χ1n) is 11.3. The summed E-state index contributed by atoms with van der Waals surface area (Å²) in [5.74, 6) is -4.35. The van der Waals surface area contributed by atoms with Crippen LogP contribution in [0.5, 0.6) is 0 Å². The van der Waals surface area contributed by atoms with E-state index in [0.29, 0.717) is 31.0 Å². The highest BCUT2D eigenvalue weighted by Gasteiger charge is 2.60. The van der Waals surface area contributed by atoms with E-state index in [4.69, 9.17) is 5.73 Å². The van der Waals surface area contributed by atoms with Gasteiger partial charge < -0.3 is 31.3 Å². The summed E-state index contributed by atoms with van der Waals surface area (Å²) in [6, 6.07) is -1.78. The number of fused-ring (bicyclic) bond motifs is 1. The van der Waals surface area contributed by atoms with Gasteiger partial charge in [-0.2, -0.15) is 8.78 Å². The zero-order valence-corrected chi connectivity index (χ0v) is 19.7. The van der Waals surface area contributed by atoms with E-state index in [1.165, 1.54) is 23.6 Å². The van der Waals surface area contributed by atoms with Gasteiger partial charge in [0.15, 0.2) is 0 Å². The molecule has 3 saturated heterocycles. The highest BCUT2D eigenvalue weighted by atomic mass is 32.2. The van der Waals surface area contributed by atoms with Crippen LogP contribution in [0.2, 0.25) is 0 Å². The minimum absolute atomic E-state index is 0.00869. The summed E-state index contributed by atoms with van der Waals surface area (Å²) >= 11 is 1.35. The topological polar surface area (TPSA) is 145 Å². The molecule has 0 radical (unpaired) electrons. The normalized spacial score (nSPS) is 33.9. The number of alkyl halides is 2. The molecule has 188 valence electrons. The quantitative estimate of drug-likeness (QED) is 0.344. The van der Waals surface area contributed by atoms with Crippen molar-refractivity contribution in [2.75, 3.05) is 19.6 Å². The molecule has 7 atom stereocenters. The van der Waals surface area contributed by atoms with Crippen LogP contribution < -0.4 is 16.4 Å². The average molecular weight is 502 g/mol. The molecular weight excluding hydrogens is 472 g/mol. The number of likely N-dealkylation sites (tertiary alicyclic amines) is 1. The minimum atomic E-state index is -3.20. The molecule has 10 nitrogen and oxygen atoms in total. The van der Waals surface area contributed by atoms with Crippen LogP contribution in [-0.2, 0) is 19.2 Å². The summed E-state index contributed by atoms with van der Waals surface area (Å²) in [5, 5.41) is 15.1. The first-order valence-corrected chi connectivity index (χ1v) is 12.2. The lowest BCUT2D eigenvalue weighted by atomic mass is 9.78. The maximum atomic E-state index is 12.8. The predicted molar refractivity (Wildman–Crippen MR) is 119 cm³/mol. The smallest absolute Gasteiger partial charge is 0.353 e. The van der Waals surface area contributed by atoms with E-state index in [1.54, 1.807) is 11.8 Å². The number of rotatable bonds is 7. The van der Waals surface area contributed by atoms with Crippen molar-refractivity contribution in [2.24, 2.45) is 17.6 Å². The second-order valence-electron chi connectivity index (χ2n) is 9.40. The Hall–Kier alpha value is -2.25. The van der Waals surface area contributed by atoms with E-state index in [-0.39, 0.29) is 34.9 Å². The molecule has 34 heavy (non-hydrogen) atoms. The van der Waals surface area contributed by atoms with E-state index < -0.39 is 42.2 Å². The molecule has 0 aromatic carbocycles. The van der Waals surface area contributed by atoms with Crippen LogP contribution in [0.4, 0.5) is 8.78 Å². The summed E-state index contributed by atoms with van der Waals surface area (Å²) in [6.07, 6.45) is -1.91. The standard InChI is InChI=1S/C21H29F2N5O5S/c1-8-14-13(9(2)26-18(29)17(22)23)20(31)28(14)15(21(32)33)16(8)34-11-5-12(25-6-11)19(30)27-4-3-10(24)7-27/h8-14,17,25H,3-7,24H2,1-2H3,(H,26,29)(H,32,33)/t8-,9-,10+,11+,12+,13-,14-/m1/s1. The van der Waals surface area contributed by atoms with Gasteiger partial charge in [-0.15, -0.1) is 11.8 Å². The van der Waals surface area contributed by atoms with E-state index in [1.807, 2.05) is 0 Å². The molecular formula is C21H29F2N5O5S. The third-order valence-electron chi connectivity index (χ3n) is 7.12. The third kappa shape index (κ3) is 4.29. The molecule has 0 spiro atoms. The van der Waals surface area contributed by atoms with E-state index >= 15 is 0 Å². The number of halogens is 2. The number of amides is 3. The molecule has 0 aliphatic carbocycles. The first kappa shape index (κ1) is 24.9. The number of aliphatic carboxylic acids is 1. The van der Waals surface area contributed by atoms with Gasteiger partial charge in [-0.25, -0.2) is 4.79 Å². The molecule has 0 aromatic heterocycles. The number of nitrogens with one attached hydrogen (secondary N) is 2. The van der Waals surface area contributed by atoms with Crippen LogP contribution >= 0.6 is 11.8 Å². The number of carbonyl (C=O) groups excluding carboxylic acids is 3. The van der Waals surface area contributed by atoms with Crippen molar-refractivity contribution in [1.82, 2.24) is 20.4 Å². The number of β-lactam (4-membered cyclic amide) rings is 1. The van der Waals surface area contributed by atoms with Gasteiger partial charge in [0.1, 0.15) is 5.70 Å². The second kappa shape index (κ2) is 9.42. The fourth-order valence-electron chi connectivity index (χ4n) is 5.44. The van der Waals surface area contributed by atoms with Gasteiger partial charge in [0, 0.05) is 47.8 Å². The number of hydrogen-bond donors (Lipinski definition) is 4. The predicted octanol–water partition coefficient (Wildman–Crippen LogP) is -0.448. The Morgan fingerprint density at radius 1 is 1.32 bits per heavy atom. The fourth-order valence-corrected chi connectivity index (χ4v) is 6.92. The molecule has 4 rings (SSSR count). The Morgan fingerprint density at radius 2 is 2.03 bits per heavy atom. The minimum Gasteiger partial charge on any atom is -0.477 e. The van der Waals surface area contributed by atoms with Crippen molar-refractivity contribution >= 4 is 35.5 Å². The molecule has 4 aliphatic heterocycles. The van der Waals surface area contributed by atoms with Gasteiger partial charge in [0.05, 0.1) is 18.0 Å². The number of hydrogen-bond acceptors (Lipinski definition) is 7. The van der Waals surface area contributed by atoms with Crippen LogP contribution in [0.25, 0.3) is 0 Å². The molecule has 3 fully saturated rings. The first-order chi connectivity index (χ1) is 16.0. The Labute approximate surface area is 199 Å². The monoisotopic (exact) mass is 501 g/mol. The lowest BCUT2D eigenvalue weighted by Gasteiger charge is -2.47. The number of nitrogens with two attached hydrogens (primary N) is 1. The van der Waals surface area contributed by atoms with Crippen LogP contribution in [-0.4, -0.2) is 94.1 Å². The van der Waals surface area contributed by atoms with E-state index in [9.17, 15) is 33.1 Å². The van der Waals surface area contributed by atoms with Gasteiger partial charge in [-0.3, -0.25) is 14.4 Å². The van der Waals surface area contributed by atoms with E-state index in [2.05, 4.69) is 10.6 Å². The summed E-state index contributed by atoms with van der Waals surface area (Å²) in [4.78, 5) is 52.5. The Kier molecular flexibility index (Phi) is 6.89. The summed E-state index contributed by atoms with van der Waals surface area (Å²) < 4.78 is 25.3. The number of carboxylic acid groups (broad SMARTS) is 1. The molecule has 13 heteroatoms. The van der Waals surface area contributed by atoms with Crippen LogP contribution in [0, 0.1) is 11.8 Å². The van der Waals surface area contributed by atoms with Gasteiger partial charge in [0.2, 0.25) is 11.8 Å². The molecule has 0 aromatic rings. The van der Waals surface area contributed by atoms with Gasteiger partial charge in [-0.05, 0) is 19.8 Å². The van der Waals surface area contributed by atoms with Crippen molar-refractivity contribution in [2.45, 2.75) is 62.5 Å². The Balaban J connectivity index is 1.44. The lowest BCUT2D eigenvalue weighted by Crippen LogP contribution is -2.66. The van der Waals surface area contributed by atoms with Gasteiger partial charge in [0.25, 0.3) is 5.91 Å². The summed E-state index contributed by atoms with van der Waals surface area (Å²) in [7, 11) is 0. The van der Waals surface area contributed by atoms with Crippen molar-refractivity contribution in [3.05, 3.63) is 10.6 Å². The number of thioether (sulfide) groups is 1. The van der Waals surface area contributed by atoms with Crippen LogP contribution in [0.3, 0.4) is 0 Å². The van der Waals surface area contributed by atoms with Crippen molar-refractivity contribution in [1.29, 1.82) is 0 Å². The summed E-state index contributed by atoms with van der Waals surface area (Å²) in [6.45, 7) is 4.93. The largest absolute Gasteiger partial charge is 0.477 e. The van der Waals surface area contributed by atoms with Crippen molar-refractivity contribution in [3.8, 4) is 0 Å². The molecule has 4 heterocycles. The van der Waals surface area contributed by atoms with Crippen LogP contribution in [0.15, 0.2) is 10.6 Å². The van der Waals surface area contributed by atoms with Crippen LogP contribution in [0.1, 0.15) is 26.7 Å². The van der Waals surface area contributed by atoms with Crippen molar-refractivity contribution < 1.29 is 33.1 Å². The number of carbonyl (C=O) groups is 4. The number of nitrogens with zero attached hydrogens (tertiary/aromatic N) is 2. The third-order valence-corrected chi connectivity index (χ3v) is 8.63. The number of carboxylic acids is 1. The zero-order chi connectivity index (χ0) is 24.9. The molecule has 4 aliphatic rings. The summed E-state index contributed by atoms with van der Waals surface area (Å²) in [5.41, 5.74) is 5.80. The maximum absolute atomic E-state index is 12.8. The van der Waals surface area contributed by atoms with Gasteiger partial charge in [-0.1, -0.05) is 6.92 Å². The van der Waals surface area contributed by atoms with Gasteiger partial charge >= 0.3 is 12.4 Å². The zero-order valence-electron chi connectivity index (χ0n) is 18.9. The van der Waals surface area contributed by atoms with Crippen molar-refractivity contribution in [3.63, 3.8) is 0 Å². The highest BCUT2D eigenvalue weighted by Crippen LogP contribution is 2.51. The molecule has 0 unspecified atom stereocenters. The second-order valence-corrected chi connectivity index (χ2v) is 10.7. The Bertz CT molecular complexity index is 933. The maximum Gasteiger partial charge on any atom is 0.353 e. The van der Waals surface area contributed by atoms with E-state index in [0.717, 1.165) is 6.42 Å².